The summed E-state index contributed by atoms with van der Waals surface area (Å²) in [5.41, 5.74) is 2.12. The summed E-state index contributed by atoms with van der Waals surface area (Å²) in [6, 6.07) is 9.77. The van der Waals surface area contributed by atoms with Crippen molar-refractivity contribution >= 4 is 33.4 Å². The van der Waals surface area contributed by atoms with Gasteiger partial charge < -0.3 is 5.32 Å². The molecule has 6 nitrogen and oxygen atoms in total. The summed E-state index contributed by atoms with van der Waals surface area (Å²) >= 11 is 5.73. The van der Waals surface area contributed by atoms with E-state index in [0.717, 1.165) is 21.5 Å². The van der Waals surface area contributed by atoms with Crippen LogP contribution >= 0.6 is 11.6 Å². The van der Waals surface area contributed by atoms with E-state index in [0.29, 0.717) is 5.69 Å². The minimum absolute atomic E-state index is 0.128. The molecule has 2 atom stereocenters. The van der Waals surface area contributed by atoms with E-state index in [1.807, 2.05) is 31.2 Å². The smallest absolute Gasteiger partial charge is 0.280 e. The van der Waals surface area contributed by atoms with Crippen molar-refractivity contribution in [3.63, 3.8) is 0 Å². The summed E-state index contributed by atoms with van der Waals surface area (Å²) in [5, 5.41) is 2.48. The first-order valence-electron chi connectivity index (χ1n) is 8.25. The average Bonchev–Trinajstić information content (AvgIpc) is 2.61. The van der Waals surface area contributed by atoms with Crippen LogP contribution in [0, 0.1) is 12.7 Å². The van der Waals surface area contributed by atoms with Crippen LogP contribution in [-0.4, -0.2) is 31.7 Å². The molecule has 3 rings (SSSR count). The largest absolute Gasteiger partial charge is 0.325 e. The molecule has 1 saturated heterocycles. The van der Waals surface area contributed by atoms with Crippen molar-refractivity contribution in [1.82, 2.24) is 9.03 Å². The lowest BCUT2D eigenvalue weighted by Crippen LogP contribution is -2.55. The van der Waals surface area contributed by atoms with Crippen LogP contribution in [0.15, 0.2) is 42.5 Å². The summed E-state index contributed by atoms with van der Waals surface area (Å²) in [7, 11) is -2.49. The van der Waals surface area contributed by atoms with Crippen LogP contribution in [0.25, 0.3) is 0 Å². The Bertz CT molecular complexity index is 966. The number of nitrogens with one attached hydrogen (secondary N) is 2. The van der Waals surface area contributed by atoms with Gasteiger partial charge in [0.25, 0.3) is 10.2 Å². The first kappa shape index (κ1) is 19.8. The van der Waals surface area contributed by atoms with Gasteiger partial charge in [-0.15, -0.1) is 0 Å². The summed E-state index contributed by atoms with van der Waals surface area (Å²) in [4.78, 5) is 12.7. The molecule has 1 fully saturated rings. The SMILES string of the molecule is Cc1ccc([C@H]2C[C@@H](C(=O)Nc3ccc(F)c(Cl)c3)N(C)S(=O)(=O)N2)cc1. The van der Waals surface area contributed by atoms with E-state index in [9.17, 15) is 17.6 Å². The number of amides is 1. The second-order valence-electron chi connectivity index (χ2n) is 6.47. The quantitative estimate of drug-likeness (QED) is 0.814. The van der Waals surface area contributed by atoms with Crippen molar-refractivity contribution in [2.75, 3.05) is 12.4 Å². The first-order valence-corrected chi connectivity index (χ1v) is 10.1. The van der Waals surface area contributed by atoms with Crippen LogP contribution in [0.2, 0.25) is 5.02 Å². The van der Waals surface area contributed by atoms with Crippen LogP contribution < -0.4 is 10.0 Å². The van der Waals surface area contributed by atoms with Gasteiger partial charge in [0.15, 0.2) is 0 Å². The molecule has 27 heavy (non-hydrogen) atoms. The maximum Gasteiger partial charge on any atom is 0.280 e. The number of benzene rings is 2. The molecule has 0 saturated carbocycles. The third-order valence-electron chi connectivity index (χ3n) is 4.54. The lowest BCUT2D eigenvalue weighted by molar-refractivity contribution is -0.120. The van der Waals surface area contributed by atoms with Gasteiger partial charge in [-0.3, -0.25) is 4.79 Å². The summed E-state index contributed by atoms with van der Waals surface area (Å²) < 4.78 is 41.8. The molecule has 0 radical (unpaired) electrons. The maximum absolute atomic E-state index is 13.3. The van der Waals surface area contributed by atoms with E-state index in [-0.39, 0.29) is 11.4 Å². The molecule has 9 heteroatoms. The van der Waals surface area contributed by atoms with Gasteiger partial charge >= 0.3 is 0 Å². The number of aryl methyl sites for hydroxylation is 1. The molecule has 0 aliphatic carbocycles. The van der Waals surface area contributed by atoms with E-state index in [1.54, 1.807) is 0 Å². The minimum Gasteiger partial charge on any atom is -0.325 e. The zero-order valence-corrected chi connectivity index (χ0v) is 16.3. The number of rotatable bonds is 3. The van der Waals surface area contributed by atoms with Gasteiger partial charge in [-0.05, 0) is 37.1 Å². The molecule has 2 N–H and O–H groups in total. The summed E-state index contributed by atoms with van der Waals surface area (Å²) in [6.07, 6.45) is 0.250. The third kappa shape index (κ3) is 4.30. The molecule has 0 unspecified atom stereocenters. The van der Waals surface area contributed by atoms with Crippen LogP contribution in [0.1, 0.15) is 23.6 Å². The molecule has 1 heterocycles. The lowest BCUT2D eigenvalue weighted by atomic mass is 9.98. The predicted molar refractivity (Wildman–Crippen MR) is 102 cm³/mol. The number of carbonyl (C=O) groups is 1. The van der Waals surface area contributed by atoms with Crippen molar-refractivity contribution in [2.24, 2.45) is 0 Å². The Balaban J connectivity index is 1.84. The minimum atomic E-state index is -3.83. The van der Waals surface area contributed by atoms with Crippen LogP contribution in [-0.2, 0) is 15.0 Å². The standard InChI is InChI=1S/C18H19ClFN3O3S/c1-11-3-5-12(6-4-11)16-10-17(23(2)27(25,26)22-16)18(24)21-13-7-8-15(20)14(19)9-13/h3-9,16-17,22H,10H2,1-2H3,(H,21,24)/t16-,17+/m1/s1. The Morgan fingerprint density at radius 2 is 1.93 bits per heavy atom. The van der Waals surface area contributed by atoms with Crippen molar-refractivity contribution in [3.8, 4) is 0 Å². The number of anilines is 1. The molecule has 1 aliphatic heterocycles. The first-order chi connectivity index (χ1) is 12.7. The van der Waals surface area contributed by atoms with Gasteiger partial charge in [-0.2, -0.15) is 17.4 Å². The molecule has 0 aromatic heterocycles. The summed E-state index contributed by atoms with van der Waals surface area (Å²) in [5.74, 6) is -1.11. The Morgan fingerprint density at radius 3 is 2.56 bits per heavy atom. The van der Waals surface area contributed by atoms with E-state index >= 15 is 0 Å². The van der Waals surface area contributed by atoms with E-state index in [1.165, 1.54) is 19.2 Å². The van der Waals surface area contributed by atoms with Crippen LogP contribution in [0.4, 0.5) is 10.1 Å². The fourth-order valence-corrected chi connectivity index (χ4v) is 4.38. The Kier molecular flexibility index (Phi) is 5.53. The average molecular weight is 412 g/mol. The van der Waals surface area contributed by atoms with Crippen molar-refractivity contribution in [1.29, 1.82) is 0 Å². The fraction of sp³-hybridized carbons (Fsp3) is 0.278. The Labute approximate surface area is 162 Å². The van der Waals surface area contributed by atoms with Crippen LogP contribution in [0.3, 0.4) is 0 Å². The lowest BCUT2D eigenvalue weighted by Gasteiger charge is -2.36. The molecule has 144 valence electrons. The number of likely N-dealkylation sites (N-methyl/N-ethyl adjacent to an activating group) is 1. The van der Waals surface area contributed by atoms with Gasteiger partial charge in [0.1, 0.15) is 11.9 Å². The third-order valence-corrected chi connectivity index (χ3v) is 6.42. The van der Waals surface area contributed by atoms with Gasteiger partial charge in [0.05, 0.1) is 5.02 Å². The second kappa shape index (κ2) is 7.55. The van der Waals surface area contributed by atoms with E-state index < -0.39 is 34.0 Å². The molecule has 1 aliphatic rings. The van der Waals surface area contributed by atoms with E-state index in [4.69, 9.17) is 11.6 Å². The number of carbonyl (C=O) groups excluding carboxylic acids is 1. The predicted octanol–water partition coefficient (Wildman–Crippen LogP) is 3.01. The number of halogens is 2. The van der Waals surface area contributed by atoms with Crippen molar-refractivity contribution in [3.05, 3.63) is 64.4 Å². The van der Waals surface area contributed by atoms with Crippen molar-refractivity contribution < 1.29 is 17.6 Å². The second-order valence-corrected chi connectivity index (χ2v) is 8.64. The van der Waals surface area contributed by atoms with Gasteiger partial charge in [-0.1, -0.05) is 41.4 Å². The highest BCUT2D eigenvalue weighted by Gasteiger charge is 2.40. The highest BCUT2D eigenvalue weighted by Crippen LogP contribution is 2.29. The van der Waals surface area contributed by atoms with Gasteiger partial charge in [0.2, 0.25) is 5.91 Å². The van der Waals surface area contributed by atoms with Crippen molar-refractivity contribution in [2.45, 2.75) is 25.4 Å². The highest BCUT2D eigenvalue weighted by molar-refractivity contribution is 7.87. The molecule has 2 aromatic carbocycles. The summed E-state index contributed by atoms with van der Waals surface area (Å²) in [6.45, 7) is 1.94. The van der Waals surface area contributed by atoms with E-state index in [2.05, 4.69) is 10.0 Å². The zero-order chi connectivity index (χ0) is 19.8. The number of hydrogen-bond acceptors (Lipinski definition) is 3. The molecule has 0 spiro atoms. The molecular formula is C18H19ClFN3O3S. The topological polar surface area (TPSA) is 78.5 Å². The van der Waals surface area contributed by atoms with Gasteiger partial charge in [-0.25, -0.2) is 4.39 Å². The Morgan fingerprint density at radius 1 is 1.26 bits per heavy atom. The zero-order valence-electron chi connectivity index (χ0n) is 14.7. The number of nitrogens with zero attached hydrogens (tertiary/aromatic N) is 1. The van der Waals surface area contributed by atoms with Gasteiger partial charge in [0, 0.05) is 18.8 Å². The number of hydrogen-bond donors (Lipinski definition) is 2. The monoisotopic (exact) mass is 411 g/mol. The molecular weight excluding hydrogens is 393 g/mol. The normalized spacial score (nSPS) is 22.4. The highest BCUT2D eigenvalue weighted by atomic mass is 35.5. The molecule has 2 aromatic rings. The molecule has 0 bridgehead atoms. The maximum atomic E-state index is 13.3. The molecule has 1 amide bonds. The van der Waals surface area contributed by atoms with Crippen LogP contribution in [0.5, 0.6) is 0 Å². The fourth-order valence-electron chi connectivity index (χ4n) is 2.92. The Hall–Kier alpha value is -2.00.